The summed E-state index contributed by atoms with van der Waals surface area (Å²) in [6.45, 7) is 5.20. The maximum atomic E-state index is 12.1. The number of anilines is 1. The van der Waals surface area contributed by atoms with E-state index in [2.05, 4.69) is 58.7 Å². The van der Waals surface area contributed by atoms with E-state index in [4.69, 9.17) is 5.11 Å². The van der Waals surface area contributed by atoms with E-state index in [1.807, 2.05) is 0 Å². The van der Waals surface area contributed by atoms with Gasteiger partial charge in [0, 0.05) is 36.4 Å². The average Bonchev–Trinajstić information content (AvgIpc) is 3.07. The first-order valence-corrected chi connectivity index (χ1v) is 11.3. The molecule has 0 saturated heterocycles. The van der Waals surface area contributed by atoms with Crippen LogP contribution in [0.3, 0.4) is 0 Å². The van der Waals surface area contributed by atoms with Gasteiger partial charge in [-0.05, 0) is 32.3 Å². The summed E-state index contributed by atoms with van der Waals surface area (Å²) >= 11 is 1.64. The van der Waals surface area contributed by atoms with Crippen molar-refractivity contribution in [3.05, 3.63) is 41.0 Å². The molecule has 0 radical (unpaired) electrons. The highest BCUT2D eigenvalue weighted by Crippen LogP contribution is 2.40. The number of hydrogen-bond donors (Lipinski definition) is 3. The van der Waals surface area contributed by atoms with Crippen LogP contribution in [0.25, 0.3) is 21.3 Å². The van der Waals surface area contributed by atoms with Gasteiger partial charge in [0.25, 0.3) is 0 Å². The number of amides is 1. The first kappa shape index (κ1) is 22.7. The van der Waals surface area contributed by atoms with Crippen molar-refractivity contribution in [2.24, 2.45) is 0 Å². The Morgan fingerprint density at radius 1 is 1.00 bits per heavy atom. The van der Waals surface area contributed by atoms with Crippen LogP contribution in [0.5, 0.6) is 0 Å². The number of benzene rings is 1. The molecule has 31 heavy (non-hydrogen) atoms. The van der Waals surface area contributed by atoms with Crippen molar-refractivity contribution in [1.29, 1.82) is 0 Å². The summed E-state index contributed by atoms with van der Waals surface area (Å²) in [6.07, 6.45) is 4.29. The van der Waals surface area contributed by atoms with E-state index in [1.54, 1.807) is 17.7 Å². The lowest BCUT2D eigenvalue weighted by Crippen LogP contribution is -2.26. The lowest BCUT2D eigenvalue weighted by atomic mass is 10.0. The predicted octanol–water partition coefficient (Wildman–Crippen LogP) is 4.54. The number of rotatable bonds is 11. The van der Waals surface area contributed by atoms with Crippen LogP contribution < -0.4 is 10.6 Å². The van der Waals surface area contributed by atoms with E-state index >= 15 is 0 Å². The van der Waals surface area contributed by atoms with Crippen molar-refractivity contribution < 1.29 is 14.7 Å². The maximum Gasteiger partial charge on any atom is 0.303 e. The van der Waals surface area contributed by atoms with Gasteiger partial charge >= 0.3 is 5.97 Å². The molecule has 3 N–H and O–H groups in total. The third-order valence-corrected chi connectivity index (χ3v) is 6.05. The SMILES string of the molecule is Cc1ccc(-c2c(C)sc3ncnc(NCCC(=O)NCCCCCC(=O)O)c23)cc1. The standard InChI is InChI=1S/C23H28N4O3S/c1-15-7-9-17(10-8-15)20-16(2)31-23-21(20)22(26-14-27-23)25-13-11-18(28)24-12-5-3-4-6-19(29)30/h7-10,14H,3-6,11-13H2,1-2H3,(H,24,28)(H,29,30)(H,25,26,27). The Kier molecular flexibility index (Phi) is 7.94. The highest BCUT2D eigenvalue weighted by molar-refractivity contribution is 7.19. The number of carboxylic acid groups (broad SMARTS) is 1. The van der Waals surface area contributed by atoms with Crippen molar-refractivity contribution >= 4 is 39.2 Å². The van der Waals surface area contributed by atoms with Crippen molar-refractivity contribution in [2.75, 3.05) is 18.4 Å². The molecule has 0 aliphatic heterocycles. The molecule has 2 heterocycles. The molecule has 0 aliphatic rings. The Morgan fingerprint density at radius 3 is 2.52 bits per heavy atom. The Morgan fingerprint density at radius 2 is 1.77 bits per heavy atom. The maximum absolute atomic E-state index is 12.1. The summed E-state index contributed by atoms with van der Waals surface area (Å²) < 4.78 is 0. The topological polar surface area (TPSA) is 104 Å². The van der Waals surface area contributed by atoms with Crippen LogP contribution >= 0.6 is 11.3 Å². The smallest absolute Gasteiger partial charge is 0.303 e. The fraction of sp³-hybridized carbons (Fsp3) is 0.391. The minimum Gasteiger partial charge on any atom is -0.481 e. The average molecular weight is 441 g/mol. The summed E-state index contributed by atoms with van der Waals surface area (Å²) in [5.41, 5.74) is 3.48. The molecule has 0 spiro atoms. The predicted molar refractivity (Wildman–Crippen MR) is 125 cm³/mol. The minimum absolute atomic E-state index is 0.0312. The summed E-state index contributed by atoms with van der Waals surface area (Å²) in [4.78, 5) is 33.6. The van der Waals surface area contributed by atoms with Gasteiger partial charge in [0.2, 0.25) is 5.91 Å². The number of aliphatic carboxylic acids is 1. The molecule has 1 aromatic carbocycles. The van der Waals surface area contributed by atoms with Gasteiger partial charge in [0.15, 0.2) is 0 Å². The molecule has 7 nitrogen and oxygen atoms in total. The van der Waals surface area contributed by atoms with Crippen LogP contribution in [0.15, 0.2) is 30.6 Å². The number of nitrogens with zero attached hydrogens (tertiary/aromatic N) is 2. The lowest BCUT2D eigenvalue weighted by Gasteiger charge is -2.10. The quantitative estimate of drug-likeness (QED) is 0.378. The molecule has 0 bridgehead atoms. The normalized spacial score (nSPS) is 10.9. The molecular weight excluding hydrogens is 412 g/mol. The molecule has 0 fully saturated rings. The Labute approximate surface area is 185 Å². The van der Waals surface area contributed by atoms with Gasteiger partial charge in [0.1, 0.15) is 17.0 Å². The van der Waals surface area contributed by atoms with Crippen LogP contribution in [0.1, 0.15) is 42.5 Å². The highest BCUT2D eigenvalue weighted by atomic mass is 32.1. The van der Waals surface area contributed by atoms with E-state index in [0.29, 0.717) is 25.9 Å². The third kappa shape index (κ3) is 6.24. The van der Waals surface area contributed by atoms with Gasteiger partial charge in [-0.2, -0.15) is 0 Å². The molecule has 3 aromatic rings. The largest absolute Gasteiger partial charge is 0.481 e. The zero-order valence-electron chi connectivity index (χ0n) is 17.9. The Balaban J connectivity index is 1.58. The summed E-state index contributed by atoms with van der Waals surface area (Å²) in [7, 11) is 0. The number of aryl methyl sites for hydroxylation is 2. The van der Waals surface area contributed by atoms with E-state index in [1.165, 1.54) is 10.4 Å². The summed E-state index contributed by atoms with van der Waals surface area (Å²) in [5.74, 6) is -0.0667. The molecule has 0 unspecified atom stereocenters. The van der Waals surface area contributed by atoms with E-state index in [0.717, 1.165) is 40.0 Å². The number of carboxylic acids is 1. The second kappa shape index (κ2) is 10.9. The molecule has 3 rings (SSSR count). The monoisotopic (exact) mass is 440 g/mol. The zero-order chi connectivity index (χ0) is 22.2. The second-order valence-electron chi connectivity index (χ2n) is 7.53. The molecule has 0 saturated carbocycles. The zero-order valence-corrected chi connectivity index (χ0v) is 18.7. The molecule has 8 heteroatoms. The Bertz CT molecular complexity index is 1050. The van der Waals surface area contributed by atoms with Crippen LogP contribution in [0.2, 0.25) is 0 Å². The van der Waals surface area contributed by atoms with E-state index in [-0.39, 0.29) is 12.3 Å². The molecular formula is C23H28N4O3S. The van der Waals surface area contributed by atoms with Crippen LogP contribution in [-0.4, -0.2) is 40.0 Å². The molecule has 164 valence electrons. The van der Waals surface area contributed by atoms with Crippen LogP contribution in [0, 0.1) is 13.8 Å². The number of hydrogen-bond acceptors (Lipinski definition) is 6. The van der Waals surface area contributed by atoms with Crippen molar-refractivity contribution in [3.8, 4) is 11.1 Å². The number of carbonyl (C=O) groups is 2. The van der Waals surface area contributed by atoms with Gasteiger partial charge < -0.3 is 15.7 Å². The van der Waals surface area contributed by atoms with Gasteiger partial charge in [-0.25, -0.2) is 9.97 Å². The molecule has 2 aromatic heterocycles. The van der Waals surface area contributed by atoms with Gasteiger partial charge in [-0.1, -0.05) is 36.2 Å². The molecule has 0 aliphatic carbocycles. The first-order valence-electron chi connectivity index (χ1n) is 10.5. The van der Waals surface area contributed by atoms with Gasteiger partial charge in [-0.3, -0.25) is 9.59 Å². The fourth-order valence-corrected chi connectivity index (χ4v) is 4.45. The number of fused-ring (bicyclic) bond motifs is 1. The second-order valence-corrected chi connectivity index (χ2v) is 8.74. The number of nitrogens with one attached hydrogen (secondary N) is 2. The number of aromatic nitrogens is 2. The third-order valence-electron chi connectivity index (χ3n) is 5.04. The summed E-state index contributed by atoms with van der Waals surface area (Å²) in [6, 6.07) is 8.43. The lowest BCUT2D eigenvalue weighted by molar-refractivity contribution is -0.137. The van der Waals surface area contributed by atoms with Crippen LogP contribution in [-0.2, 0) is 9.59 Å². The molecule has 1 amide bonds. The first-order chi connectivity index (χ1) is 15.0. The Hall–Kier alpha value is -3.00. The van der Waals surface area contributed by atoms with Crippen LogP contribution in [0.4, 0.5) is 5.82 Å². The molecule has 0 atom stereocenters. The van der Waals surface area contributed by atoms with Crippen molar-refractivity contribution in [2.45, 2.75) is 46.0 Å². The fourth-order valence-electron chi connectivity index (χ4n) is 3.43. The number of carbonyl (C=O) groups excluding carboxylic acids is 1. The highest BCUT2D eigenvalue weighted by Gasteiger charge is 2.16. The van der Waals surface area contributed by atoms with Gasteiger partial charge in [-0.15, -0.1) is 11.3 Å². The minimum atomic E-state index is -0.778. The summed E-state index contributed by atoms with van der Waals surface area (Å²) in [5, 5.41) is 15.8. The van der Waals surface area contributed by atoms with E-state index < -0.39 is 5.97 Å². The number of thiophene rings is 1. The van der Waals surface area contributed by atoms with Crippen molar-refractivity contribution in [1.82, 2.24) is 15.3 Å². The van der Waals surface area contributed by atoms with Crippen molar-refractivity contribution in [3.63, 3.8) is 0 Å². The van der Waals surface area contributed by atoms with Gasteiger partial charge in [0.05, 0.1) is 5.39 Å². The van der Waals surface area contributed by atoms with E-state index in [9.17, 15) is 9.59 Å². The number of unbranched alkanes of at least 4 members (excludes halogenated alkanes) is 2.